The molecule has 1 N–H and O–H groups in total. The van der Waals surface area contributed by atoms with E-state index in [0.29, 0.717) is 5.69 Å². The molecule has 3 aromatic rings. The Bertz CT molecular complexity index is 937. The van der Waals surface area contributed by atoms with E-state index in [-0.39, 0.29) is 11.9 Å². The zero-order valence-corrected chi connectivity index (χ0v) is 16.1. The van der Waals surface area contributed by atoms with Crippen molar-refractivity contribution in [2.75, 3.05) is 6.54 Å². The van der Waals surface area contributed by atoms with Crippen LogP contribution in [0.25, 0.3) is 5.69 Å². The van der Waals surface area contributed by atoms with Gasteiger partial charge >= 0.3 is 0 Å². The number of hydrogen-bond donors (Lipinski definition) is 1. The zero-order valence-electron chi connectivity index (χ0n) is 16.1. The summed E-state index contributed by atoms with van der Waals surface area (Å²) in [5.74, 6) is -0.00729. The maximum atomic E-state index is 13.3. The SMILES string of the molecule is Cc1cc(C)cc(-n2nc(C(=O)N3CCCCC3c3cn[nH]c3)cc2C)c1. The molecule has 1 aliphatic heterocycles. The minimum absolute atomic E-state index is 0.00729. The third-order valence-corrected chi connectivity index (χ3v) is 5.23. The minimum Gasteiger partial charge on any atom is -0.330 e. The van der Waals surface area contributed by atoms with Crippen molar-refractivity contribution in [1.82, 2.24) is 24.9 Å². The number of nitrogens with zero attached hydrogens (tertiary/aromatic N) is 4. The summed E-state index contributed by atoms with van der Waals surface area (Å²) < 4.78 is 1.87. The van der Waals surface area contributed by atoms with Gasteiger partial charge in [0.1, 0.15) is 0 Å². The Kier molecular flexibility index (Phi) is 4.56. The number of rotatable bonds is 3. The molecule has 0 bridgehead atoms. The molecular formula is C21H25N5O. The fraction of sp³-hybridized carbons (Fsp3) is 0.381. The van der Waals surface area contributed by atoms with E-state index in [1.807, 2.05) is 35.0 Å². The van der Waals surface area contributed by atoms with E-state index in [0.717, 1.165) is 42.8 Å². The van der Waals surface area contributed by atoms with Crippen molar-refractivity contribution >= 4 is 5.91 Å². The van der Waals surface area contributed by atoms with Crippen LogP contribution < -0.4 is 0 Å². The van der Waals surface area contributed by atoms with Gasteiger partial charge in [-0.25, -0.2) is 4.68 Å². The topological polar surface area (TPSA) is 66.8 Å². The average molecular weight is 363 g/mol. The third kappa shape index (κ3) is 3.39. The molecule has 1 aromatic carbocycles. The van der Waals surface area contributed by atoms with E-state index >= 15 is 0 Å². The molecule has 1 fully saturated rings. The fourth-order valence-electron chi connectivity index (χ4n) is 4.02. The van der Waals surface area contributed by atoms with Crippen LogP contribution in [0.2, 0.25) is 0 Å². The number of aromatic nitrogens is 4. The normalized spacial score (nSPS) is 17.3. The smallest absolute Gasteiger partial charge is 0.274 e. The van der Waals surface area contributed by atoms with Gasteiger partial charge in [-0.3, -0.25) is 9.89 Å². The highest BCUT2D eigenvalue weighted by molar-refractivity contribution is 5.93. The van der Waals surface area contributed by atoms with Gasteiger partial charge in [-0.15, -0.1) is 0 Å². The Hall–Kier alpha value is -2.89. The van der Waals surface area contributed by atoms with Crippen molar-refractivity contribution in [1.29, 1.82) is 0 Å². The minimum atomic E-state index is -0.00729. The van der Waals surface area contributed by atoms with Crippen LogP contribution in [-0.4, -0.2) is 37.3 Å². The van der Waals surface area contributed by atoms with Crippen molar-refractivity contribution in [3.63, 3.8) is 0 Å². The van der Waals surface area contributed by atoms with Crippen molar-refractivity contribution < 1.29 is 4.79 Å². The molecule has 2 aromatic heterocycles. The predicted octanol–water partition coefficient (Wildman–Crippen LogP) is 3.89. The van der Waals surface area contributed by atoms with Gasteiger partial charge in [-0.2, -0.15) is 10.2 Å². The molecule has 6 nitrogen and oxygen atoms in total. The van der Waals surface area contributed by atoms with E-state index in [4.69, 9.17) is 0 Å². The molecule has 0 radical (unpaired) electrons. The van der Waals surface area contributed by atoms with E-state index in [1.54, 1.807) is 0 Å². The summed E-state index contributed by atoms with van der Waals surface area (Å²) in [6.07, 6.45) is 6.81. The third-order valence-electron chi connectivity index (χ3n) is 5.23. The lowest BCUT2D eigenvalue weighted by molar-refractivity contribution is 0.0605. The molecule has 0 spiro atoms. The van der Waals surface area contributed by atoms with Gasteiger partial charge in [0.2, 0.25) is 0 Å². The molecule has 3 heterocycles. The first-order valence-electron chi connectivity index (χ1n) is 9.48. The Morgan fingerprint density at radius 3 is 2.59 bits per heavy atom. The molecule has 1 amide bonds. The van der Waals surface area contributed by atoms with E-state index in [2.05, 4.69) is 47.3 Å². The van der Waals surface area contributed by atoms with Crippen LogP contribution in [0.1, 0.15) is 58.2 Å². The Morgan fingerprint density at radius 2 is 1.89 bits per heavy atom. The number of aryl methyl sites for hydroxylation is 3. The molecule has 4 rings (SSSR count). The molecule has 1 unspecified atom stereocenters. The number of H-pyrrole nitrogens is 1. The lowest BCUT2D eigenvalue weighted by Gasteiger charge is -2.34. The Morgan fingerprint density at radius 1 is 1.11 bits per heavy atom. The second-order valence-corrected chi connectivity index (χ2v) is 7.47. The highest BCUT2D eigenvalue weighted by Gasteiger charge is 2.30. The van der Waals surface area contributed by atoms with Crippen LogP contribution in [0.15, 0.2) is 36.7 Å². The van der Waals surface area contributed by atoms with Crippen molar-refractivity contribution in [3.8, 4) is 5.69 Å². The fourth-order valence-corrected chi connectivity index (χ4v) is 4.02. The quantitative estimate of drug-likeness (QED) is 0.768. The van der Waals surface area contributed by atoms with Gasteiger partial charge < -0.3 is 4.90 Å². The summed E-state index contributed by atoms with van der Waals surface area (Å²) in [6, 6.07) is 8.28. The molecule has 1 aliphatic rings. The highest BCUT2D eigenvalue weighted by Crippen LogP contribution is 2.31. The Balaban J connectivity index is 1.66. The first-order valence-corrected chi connectivity index (χ1v) is 9.48. The van der Waals surface area contributed by atoms with E-state index in [1.165, 1.54) is 11.1 Å². The van der Waals surface area contributed by atoms with Gasteiger partial charge in [0.05, 0.1) is 17.9 Å². The summed E-state index contributed by atoms with van der Waals surface area (Å²) in [4.78, 5) is 15.2. The largest absolute Gasteiger partial charge is 0.330 e. The van der Waals surface area contributed by atoms with E-state index < -0.39 is 0 Å². The highest BCUT2D eigenvalue weighted by atomic mass is 16.2. The predicted molar refractivity (Wildman–Crippen MR) is 104 cm³/mol. The number of piperidine rings is 1. The zero-order chi connectivity index (χ0) is 19.0. The second-order valence-electron chi connectivity index (χ2n) is 7.47. The lowest BCUT2D eigenvalue weighted by atomic mass is 9.97. The lowest BCUT2D eigenvalue weighted by Crippen LogP contribution is -2.38. The Labute approximate surface area is 159 Å². The van der Waals surface area contributed by atoms with Crippen LogP contribution in [0.3, 0.4) is 0 Å². The molecule has 1 atom stereocenters. The van der Waals surface area contributed by atoms with Gasteiger partial charge in [-0.05, 0) is 69.4 Å². The number of likely N-dealkylation sites (tertiary alicyclic amines) is 1. The van der Waals surface area contributed by atoms with Gasteiger partial charge in [0.15, 0.2) is 5.69 Å². The number of benzene rings is 1. The maximum absolute atomic E-state index is 13.3. The summed E-state index contributed by atoms with van der Waals surface area (Å²) >= 11 is 0. The van der Waals surface area contributed by atoms with Crippen LogP contribution >= 0.6 is 0 Å². The number of aromatic amines is 1. The molecule has 0 saturated carbocycles. The molecule has 27 heavy (non-hydrogen) atoms. The van der Waals surface area contributed by atoms with Crippen LogP contribution in [0, 0.1) is 20.8 Å². The van der Waals surface area contributed by atoms with Gasteiger partial charge in [0.25, 0.3) is 5.91 Å². The number of nitrogens with one attached hydrogen (secondary N) is 1. The molecule has 6 heteroatoms. The number of hydrogen-bond acceptors (Lipinski definition) is 3. The van der Waals surface area contributed by atoms with Gasteiger partial charge in [-0.1, -0.05) is 6.07 Å². The molecule has 140 valence electrons. The van der Waals surface area contributed by atoms with Crippen LogP contribution in [0.4, 0.5) is 0 Å². The van der Waals surface area contributed by atoms with Crippen LogP contribution in [-0.2, 0) is 0 Å². The number of carbonyl (C=O) groups is 1. The van der Waals surface area contributed by atoms with E-state index in [9.17, 15) is 4.79 Å². The summed E-state index contributed by atoms with van der Waals surface area (Å²) in [7, 11) is 0. The monoisotopic (exact) mass is 363 g/mol. The first kappa shape index (κ1) is 17.5. The van der Waals surface area contributed by atoms with Gasteiger partial charge in [0, 0.05) is 24.0 Å². The van der Waals surface area contributed by atoms with Crippen molar-refractivity contribution in [2.24, 2.45) is 0 Å². The standard InChI is InChI=1S/C21H25N5O/c1-14-8-15(2)10-18(9-14)26-16(3)11-19(24-26)21(27)25-7-5-4-6-20(25)17-12-22-23-13-17/h8-13,20H,4-7H2,1-3H3,(H,22,23). The summed E-state index contributed by atoms with van der Waals surface area (Å²) in [5, 5.41) is 11.6. The molecule has 0 aliphatic carbocycles. The average Bonchev–Trinajstić information content (AvgIpc) is 3.30. The van der Waals surface area contributed by atoms with Crippen LogP contribution in [0.5, 0.6) is 0 Å². The molecular weight excluding hydrogens is 338 g/mol. The summed E-state index contributed by atoms with van der Waals surface area (Å²) in [5.41, 5.74) is 5.89. The number of carbonyl (C=O) groups excluding carboxylic acids is 1. The number of amides is 1. The van der Waals surface area contributed by atoms with Crippen molar-refractivity contribution in [3.05, 3.63) is 64.7 Å². The second kappa shape index (κ2) is 7.02. The maximum Gasteiger partial charge on any atom is 0.274 e. The van der Waals surface area contributed by atoms with Crippen molar-refractivity contribution in [2.45, 2.75) is 46.1 Å². The summed E-state index contributed by atoms with van der Waals surface area (Å²) in [6.45, 7) is 6.89. The molecule has 1 saturated heterocycles. The first-order chi connectivity index (χ1) is 13.0.